The van der Waals surface area contributed by atoms with Gasteiger partial charge in [0.15, 0.2) is 0 Å². The summed E-state index contributed by atoms with van der Waals surface area (Å²) in [5.74, 6) is 0.0330. The summed E-state index contributed by atoms with van der Waals surface area (Å²) in [4.78, 5) is 17.4. The zero-order valence-corrected chi connectivity index (χ0v) is 20.7. The van der Waals surface area contributed by atoms with E-state index >= 15 is 0 Å². The molecule has 4 aromatic carbocycles. The maximum absolute atomic E-state index is 13.1. The lowest BCUT2D eigenvalue weighted by Crippen LogP contribution is -2.26. The second kappa shape index (κ2) is 10.7. The van der Waals surface area contributed by atoms with Crippen LogP contribution in [0.5, 0.6) is 0 Å². The highest BCUT2D eigenvalue weighted by molar-refractivity contribution is 5.95. The average Bonchev–Trinajstić information content (AvgIpc) is 2.87. The molecule has 0 bridgehead atoms. The molecule has 1 amide bonds. The third-order valence-electron chi connectivity index (χ3n) is 6.61. The Labute approximate surface area is 203 Å². The Bertz CT molecular complexity index is 1260. The summed E-state index contributed by atoms with van der Waals surface area (Å²) in [6.07, 6.45) is 0. The second-order valence-electron chi connectivity index (χ2n) is 9.04. The molecule has 34 heavy (non-hydrogen) atoms. The molecule has 0 saturated carbocycles. The van der Waals surface area contributed by atoms with Crippen molar-refractivity contribution < 1.29 is 4.79 Å². The molecule has 0 fully saturated rings. The number of aryl methyl sites for hydroxylation is 1. The summed E-state index contributed by atoms with van der Waals surface area (Å²) in [6.45, 7) is 10.1. The zero-order valence-electron chi connectivity index (χ0n) is 20.7. The van der Waals surface area contributed by atoms with E-state index in [0.29, 0.717) is 12.1 Å². The third kappa shape index (κ3) is 5.37. The van der Waals surface area contributed by atoms with Gasteiger partial charge in [0.05, 0.1) is 0 Å². The molecule has 0 radical (unpaired) electrons. The summed E-state index contributed by atoms with van der Waals surface area (Å²) in [5, 5.41) is 2.44. The highest BCUT2D eigenvalue weighted by Gasteiger charge is 2.14. The lowest BCUT2D eigenvalue weighted by Gasteiger charge is -2.20. The molecule has 0 spiro atoms. The number of carbonyl (C=O) groups is 1. The van der Waals surface area contributed by atoms with Gasteiger partial charge in [-0.15, -0.1) is 0 Å². The maximum atomic E-state index is 13.1. The molecule has 0 N–H and O–H groups in total. The molecular formula is C31H34N2O. The van der Waals surface area contributed by atoms with E-state index in [1.807, 2.05) is 31.3 Å². The standard InChI is InChI=1S/C31H34N2O/c1-5-33(6-2)21-24-12-19-30-28(20-24)8-7-9-29(30)22-32(4)31(34)27-17-15-26(16-18-27)25-13-10-23(3)11-14-25/h7-20H,5-6,21-22H2,1-4H3. The van der Waals surface area contributed by atoms with Crippen molar-refractivity contribution in [2.24, 2.45) is 0 Å². The van der Waals surface area contributed by atoms with E-state index in [1.54, 1.807) is 4.90 Å². The van der Waals surface area contributed by atoms with E-state index in [1.165, 1.54) is 27.5 Å². The lowest BCUT2D eigenvalue weighted by molar-refractivity contribution is 0.0785. The van der Waals surface area contributed by atoms with Crippen LogP contribution in [0.15, 0.2) is 84.9 Å². The Kier molecular flexibility index (Phi) is 7.44. The Morgan fingerprint density at radius 3 is 2.06 bits per heavy atom. The minimum atomic E-state index is 0.0330. The number of nitrogens with zero attached hydrogens (tertiary/aromatic N) is 2. The highest BCUT2D eigenvalue weighted by atomic mass is 16.2. The van der Waals surface area contributed by atoms with Crippen molar-refractivity contribution in [1.82, 2.24) is 9.80 Å². The minimum Gasteiger partial charge on any atom is -0.337 e. The Hall–Kier alpha value is -3.43. The molecule has 4 aromatic rings. The van der Waals surface area contributed by atoms with Crippen molar-refractivity contribution in [3.8, 4) is 11.1 Å². The summed E-state index contributed by atoms with van der Waals surface area (Å²) in [7, 11) is 1.88. The van der Waals surface area contributed by atoms with Crippen molar-refractivity contribution in [3.05, 3.63) is 107 Å². The number of benzene rings is 4. The van der Waals surface area contributed by atoms with E-state index in [2.05, 4.69) is 86.3 Å². The van der Waals surface area contributed by atoms with Crippen LogP contribution in [0.4, 0.5) is 0 Å². The predicted octanol–water partition coefficient (Wildman–Crippen LogP) is 6.93. The van der Waals surface area contributed by atoms with Gasteiger partial charge in [-0.1, -0.05) is 86.1 Å². The fraction of sp³-hybridized carbons (Fsp3) is 0.258. The molecule has 174 valence electrons. The van der Waals surface area contributed by atoms with Crippen LogP contribution in [0.3, 0.4) is 0 Å². The number of carbonyl (C=O) groups excluding carboxylic acids is 1. The fourth-order valence-electron chi connectivity index (χ4n) is 4.44. The zero-order chi connectivity index (χ0) is 24.1. The van der Waals surface area contributed by atoms with E-state index in [9.17, 15) is 4.79 Å². The molecule has 0 aromatic heterocycles. The predicted molar refractivity (Wildman–Crippen MR) is 143 cm³/mol. The van der Waals surface area contributed by atoms with E-state index in [0.717, 1.165) is 30.8 Å². The number of hydrogen-bond acceptors (Lipinski definition) is 2. The maximum Gasteiger partial charge on any atom is 0.253 e. The van der Waals surface area contributed by atoms with Crippen LogP contribution in [-0.2, 0) is 13.1 Å². The van der Waals surface area contributed by atoms with Gasteiger partial charge < -0.3 is 4.90 Å². The topological polar surface area (TPSA) is 23.6 Å². The van der Waals surface area contributed by atoms with Crippen molar-refractivity contribution in [2.45, 2.75) is 33.9 Å². The van der Waals surface area contributed by atoms with Gasteiger partial charge in [0.25, 0.3) is 5.91 Å². The van der Waals surface area contributed by atoms with Crippen molar-refractivity contribution in [2.75, 3.05) is 20.1 Å². The van der Waals surface area contributed by atoms with Gasteiger partial charge in [0.2, 0.25) is 0 Å². The van der Waals surface area contributed by atoms with Gasteiger partial charge in [-0.05, 0) is 71.2 Å². The van der Waals surface area contributed by atoms with Crippen LogP contribution in [-0.4, -0.2) is 35.8 Å². The fourth-order valence-corrected chi connectivity index (χ4v) is 4.44. The van der Waals surface area contributed by atoms with Crippen molar-refractivity contribution in [3.63, 3.8) is 0 Å². The monoisotopic (exact) mass is 450 g/mol. The van der Waals surface area contributed by atoms with E-state index in [4.69, 9.17) is 0 Å². The molecule has 4 rings (SSSR count). The van der Waals surface area contributed by atoms with Crippen LogP contribution < -0.4 is 0 Å². The molecule has 0 saturated heterocycles. The van der Waals surface area contributed by atoms with Gasteiger partial charge in [-0.25, -0.2) is 0 Å². The third-order valence-corrected chi connectivity index (χ3v) is 6.61. The summed E-state index contributed by atoms with van der Waals surface area (Å²) in [5.41, 5.74) is 6.72. The first-order valence-corrected chi connectivity index (χ1v) is 12.1. The smallest absolute Gasteiger partial charge is 0.253 e. The first-order valence-electron chi connectivity index (χ1n) is 12.1. The van der Waals surface area contributed by atoms with Gasteiger partial charge in [0, 0.05) is 25.7 Å². The Balaban J connectivity index is 1.49. The SMILES string of the molecule is CCN(CC)Cc1ccc2c(CN(C)C(=O)c3ccc(-c4ccc(C)cc4)cc3)cccc2c1. The first-order chi connectivity index (χ1) is 16.5. The van der Waals surface area contributed by atoms with Gasteiger partial charge in [-0.2, -0.15) is 0 Å². The largest absolute Gasteiger partial charge is 0.337 e. The first kappa shape index (κ1) is 23.7. The summed E-state index contributed by atoms with van der Waals surface area (Å²) in [6, 6.07) is 29.4. The molecular weight excluding hydrogens is 416 g/mol. The molecule has 3 heteroatoms. The number of rotatable bonds is 8. The number of fused-ring (bicyclic) bond motifs is 1. The van der Waals surface area contributed by atoms with Crippen LogP contribution in [0.25, 0.3) is 21.9 Å². The highest BCUT2D eigenvalue weighted by Crippen LogP contribution is 2.24. The molecule has 0 aliphatic rings. The van der Waals surface area contributed by atoms with Gasteiger partial charge >= 0.3 is 0 Å². The van der Waals surface area contributed by atoms with Crippen molar-refractivity contribution in [1.29, 1.82) is 0 Å². The van der Waals surface area contributed by atoms with Gasteiger partial charge in [-0.3, -0.25) is 9.69 Å². The molecule has 0 atom stereocenters. The van der Waals surface area contributed by atoms with Crippen LogP contribution in [0.2, 0.25) is 0 Å². The number of hydrogen-bond donors (Lipinski definition) is 0. The van der Waals surface area contributed by atoms with Crippen molar-refractivity contribution >= 4 is 16.7 Å². The van der Waals surface area contributed by atoms with Crippen LogP contribution in [0, 0.1) is 6.92 Å². The second-order valence-corrected chi connectivity index (χ2v) is 9.04. The van der Waals surface area contributed by atoms with Gasteiger partial charge in [0.1, 0.15) is 0 Å². The molecule has 0 aliphatic heterocycles. The summed E-state index contributed by atoms with van der Waals surface area (Å²) >= 11 is 0. The molecule has 3 nitrogen and oxygen atoms in total. The minimum absolute atomic E-state index is 0.0330. The quantitative estimate of drug-likeness (QED) is 0.291. The van der Waals surface area contributed by atoms with Crippen LogP contribution >= 0.6 is 0 Å². The normalized spacial score (nSPS) is 11.2. The Morgan fingerprint density at radius 2 is 1.41 bits per heavy atom. The lowest BCUT2D eigenvalue weighted by atomic mass is 10.0. The van der Waals surface area contributed by atoms with E-state index < -0.39 is 0 Å². The Morgan fingerprint density at radius 1 is 0.765 bits per heavy atom. The molecule has 0 unspecified atom stereocenters. The van der Waals surface area contributed by atoms with Crippen LogP contribution in [0.1, 0.15) is 40.9 Å². The number of amides is 1. The van der Waals surface area contributed by atoms with E-state index in [-0.39, 0.29) is 5.91 Å². The molecule has 0 aliphatic carbocycles. The average molecular weight is 451 g/mol. The molecule has 0 heterocycles. The summed E-state index contributed by atoms with van der Waals surface area (Å²) < 4.78 is 0.